The number of fused-ring (bicyclic) bond motifs is 2. The van der Waals surface area contributed by atoms with Gasteiger partial charge in [-0.05, 0) is 60.7 Å². The second kappa shape index (κ2) is 5.86. The van der Waals surface area contributed by atoms with E-state index in [1.165, 1.54) is 5.56 Å². The van der Waals surface area contributed by atoms with Gasteiger partial charge in [-0.15, -0.1) is 0 Å². The van der Waals surface area contributed by atoms with Crippen molar-refractivity contribution in [3.8, 4) is 11.5 Å². The fourth-order valence-electron chi connectivity index (χ4n) is 4.15. The minimum absolute atomic E-state index is 0.0884. The van der Waals surface area contributed by atoms with Crippen molar-refractivity contribution in [2.45, 2.75) is 24.8 Å². The Morgan fingerprint density at radius 3 is 1.92 bits per heavy atom. The maximum Gasteiger partial charge on any atom is 0.231 e. The fraction of sp³-hybridized carbons (Fsp3) is 0.350. The number of anilines is 1. The molecule has 1 aliphatic heterocycles. The first-order valence-corrected chi connectivity index (χ1v) is 8.32. The minimum Gasteiger partial charge on any atom is -0.497 e. The highest BCUT2D eigenvalue weighted by Gasteiger charge is 2.51. The number of carbonyl (C=O) groups excluding carboxylic acids is 1. The van der Waals surface area contributed by atoms with Gasteiger partial charge >= 0.3 is 0 Å². The number of nitrogens with zero attached hydrogens (tertiary/aromatic N) is 1. The van der Waals surface area contributed by atoms with Crippen LogP contribution < -0.4 is 14.4 Å². The van der Waals surface area contributed by atoms with Crippen LogP contribution in [0.15, 0.2) is 48.5 Å². The molecule has 1 aliphatic carbocycles. The number of benzene rings is 2. The van der Waals surface area contributed by atoms with Crippen molar-refractivity contribution in [2.75, 3.05) is 19.1 Å². The molecule has 0 N–H and O–H groups in total. The van der Waals surface area contributed by atoms with E-state index in [9.17, 15) is 4.79 Å². The molecule has 24 heavy (non-hydrogen) atoms. The van der Waals surface area contributed by atoms with Crippen LogP contribution in [0.1, 0.15) is 24.3 Å². The summed E-state index contributed by atoms with van der Waals surface area (Å²) in [7, 11) is 3.32. The van der Waals surface area contributed by atoms with E-state index in [2.05, 4.69) is 12.1 Å². The van der Waals surface area contributed by atoms with Gasteiger partial charge in [-0.25, -0.2) is 0 Å². The molecule has 1 saturated heterocycles. The quantitative estimate of drug-likeness (QED) is 0.863. The molecule has 0 aromatic heterocycles. The summed E-state index contributed by atoms with van der Waals surface area (Å²) in [5, 5.41) is 0. The molecule has 4 rings (SSSR count). The van der Waals surface area contributed by atoms with Crippen molar-refractivity contribution in [1.82, 2.24) is 0 Å². The van der Waals surface area contributed by atoms with Crippen LogP contribution in [0.5, 0.6) is 11.5 Å². The van der Waals surface area contributed by atoms with Gasteiger partial charge in [-0.3, -0.25) is 4.79 Å². The summed E-state index contributed by atoms with van der Waals surface area (Å²) >= 11 is 0. The zero-order chi connectivity index (χ0) is 16.7. The highest BCUT2D eigenvalue weighted by atomic mass is 16.5. The van der Waals surface area contributed by atoms with Crippen LogP contribution >= 0.6 is 0 Å². The van der Waals surface area contributed by atoms with E-state index in [-0.39, 0.29) is 11.8 Å². The number of piperidine rings is 1. The molecular formula is C20H21NO3. The van der Waals surface area contributed by atoms with E-state index in [4.69, 9.17) is 9.47 Å². The normalized spacial score (nSPS) is 25.2. The Bertz CT molecular complexity index is 738. The van der Waals surface area contributed by atoms with Crippen LogP contribution in [0.2, 0.25) is 0 Å². The number of rotatable bonds is 4. The maximum absolute atomic E-state index is 12.9. The summed E-state index contributed by atoms with van der Waals surface area (Å²) in [6, 6.07) is 16.2. The van der Waals surface area contributed by atoms with Crippen LogP contribution in [0.4, 0.5) is 5.69 Å². The summed E-state index contributed by atoms with van der Waals surface area (Å²) in [6.45, 7) is 0. The molecule has 2 fully saturated rings. The Labute approximate surface area is 142 Å². The smallest absolute Gasteiger partial charge is 0.231 e. The van der Waals surface area contributed by atoms with Crippen LogP contribution in [0.3, 0.4) is 0 Å². The van der Waals surface area contributed by atoms with Crippen molar-refractivity contribution in [3.05, 3.63) is 54.1 Å². The minimum atomic E-state index is 0.0884. The van der Waals surface area contributed by atoms with Gasteiger partial charge in [0.05, 0.1) is 14.2 Å². The largest absolute Gasteiger partial charge is 0.497 e. The summed E-state index contributed by atoms with van der Waals surface area (Å²) in [5.41, 5.74) is 2.22. The Hall–Kier alpha value is -2.49. The predicted octanol–water partition coefficient (Wildman–Crippen LogP) is 3.61. The SMILES string of the molecule is COc1ccc([C@@H]2C[C@@H]3C[C@H]2C(=O)N3c2ccc(OC)cc2)cc1. The zero-order valence-electron chi connectivity index (χ0n) is 13.9. The van der Waals surface area contributed by atoms with Crippen molar-refractivity contribution in [1.29, 1.82) is 0 Å². The average Bonchev–Trinajstić information content (AvgIpc) is 3.20. The monoisotopic (exact) mass is 323 g/mol. The van der Waals surface area contributed by atoms with Crippen molar-refractivity contribution < 1.29 is 14.3 Å². The van der Waals surface area contributed by atoms with Gasteiger partial charge in [0.2, 0.25) is 5.91 Å². The molecule has 2 aromatic rings. The number of hydrogen-bond donors (Lipinski definition) is 0. The van der Waals surface area contributed by atoms with Crippen molar-refractivity contribution in [3.63, 3.8) is 0 Å². The van der Waals surface area contributed by atoms with Crippen molar-refractivity contribution in [2.24, 2.45) is 5.92 Å². The first-order chi connectivity index (χ1) is 11.7. The number of ether oxygens (including phenoxy) is 2. The second-order valence-electron chi connectivity index (χ2n) is 6.52. The van der Waals surface area contributed by atoms with Crippen LogP contribution in [0, 0.1) is 5.92 Å². The lowest BCUT2D eigenvalue weighted by atomic mass is 9.87. The third-order valence-electron chi connectivity index (χ3n) is 5.35. The number of hydrogen-bond acceptors (Lipinski definition) is 3. The lowest BCUT2D eigenvalue weighted by molar-refractivity contribution is -0.121. The first kappa shape index (κ1) is 15.1. The first-order valence-electron chi connectivity index (χ1n) is 8.32. The van der Waals surface area contributed by atoms with E-state index in [0.29, 0.717) is 12.0 Å². The predicted molar refractivity (Wildman–Crippen MR) is 92.7 cm³/mol. The summed E-state index contributed by atoms with van der Waals surface area (Å²) in [5.74, 6) is 2.32. The third-order valence-corrected chi connectivity index (χ3v) is 5.35. The molecule has 3 atom stereocenters. The molecule has 2 aliphatic rings. The lowest BCUT2D eigenvalue weighted by Gasteiger charge is -2.31. The van der Waals surface area contributed by atoms with Crippen LogP contribution in [-0.4, -0.2) is 26.2 Å². The van der Waals surface area contributed by atoms with Gasteiger partial charge in [0.25, 0.3) is 0 Å². The second-order valence-corrected chi connectivity index (χ2v) is 6.52. The maximum atomic E-state index is 12.9. The van der Waals surface area contributed by atoms with Gasteiger partial charge in [-0.1, -0.05) is 12.1 Å². The summed E-state index contributed by atoms with van der Waals surface area (Å²) in [4.78, 5) is 14.9. The van der Waals surface area contributed by atoms with Gasteiger partial charge in [-0.2, -0.15) is 0 Å². The van der Waals surface area contributed by atoms with Gasteiger partial charge < -0.3 is 14.4 Å². The molecule has 1 heterocycles. The molecule has 2 bridgehead atoms. The van der Waals surface area contributed by atoms with Crippen LogP contribution in [-0.2, 0) is 4.79 Å². The molecule has 0 unspecified atom stereocenters. The Morgan fingerprint density at radius 1 is 0.833 bits per heavy atom. The topological polar surface area (TPSA) is 38.8 Å². The van der Waals surface area contributed by atoms with E-state index in [0.717, 1.165) is 30.0 Å². The Balaban J connectivity index is 1.55. The van der Waals surface area contributed by atoms with Gasteiger partial charge in [0.15, 0.2) is 0 Å². The van der Waals surface area contributed by atoms with E-state index in [1.54, 1.807) is 14.2 Å². The molecule has 1 saturated carbocycles. The molecule has 4 heteroatoms. The number of amides is 1. The van der Waals surface area contributed by atoms with Gasteiger partial charge in [0.1, 0.15) is 11.5 Å². The fourth-order valence-corrected chi connectivity index (χ4v) is 4.15. The number of methoxy groups -OCH3 is 2. The molecule has 2 aromatic carbocycles. The average molecular weight is 323 g/mol. The number of carbonyl (C=O) groups is 1. The third kappa shape index (κ3) is 2.33. The molecular weight excluding hydrogens is 302 g/mol. The zero-order valence-corrected chi connectivity index (χ0v) is 13.9. The Kier molecular flexibility index (Phi) is 3.68. The highest BCUT2D eigenvalue weighted by molar-refractivity contribution is 5.99. The molecule has 1 amide bonds. The summed E-state index contributed by atoms with van der Waals surface area (Å²) < 4.78 is 10.4. The van der Waals surface area contributed by atoms with E-state index in [1.807, 2.05) is 41.3 Å². The molecule has 4 nitrogen and oxygen atoms in total. The molecule has 0 radical (unpaired) electrons. The standard InChI is InChI=1S/C20H21NO3/c1-23-16-7-3-13(4-8-16)18-11-15-12-19(18)20(22)21(15)14-5-9-17(24-2)10-6-14/h3-10,15,18-19H,11-12H2,1-2H3/t15-,18+,19-/m1/s1. The van der Waals surface area contributed by atoms with E-state index >= 15 is 0 Å². The molecule has 124 valence electrons. The van der Waals surface area contributed by atoms with Crippen LogP contribution in [0.25, 0.3) is 0 Å². The summed E-state index contributed by atoms with van der Waals surface area (Å²) in [6.07, 6.45) is 1.97. The van der Waals surface area contributed by atoms with Crippen molar-refractivity contribution >= 4 is 11.6 Å². The van der Waals surface area contributed by atoms with Gasteiger partial charge in [0, 0.05) is 17.6 Å². The Morgan fingerprint density at radius 2 is 1.38 bits per heavy atom. The molecule has 0 spiro atoms. The highest BCUT2D eigenvalue weighted by Crippen LogP contribution is 2.49. The van der Waals surface area contributed by atoms with E-state index < -0.39 is 0 Å². The lowest BCUT2D eigenvalue weighted by Crippen LogP contribution is -2.39.